The third-order valence-electron chi connectivity index (χ3n) is 3.13. The van der Waals surface area contributed by atoms with Crippen molar-refractivity contribution < 1.29 is 14.3 Å². The maximum atomic E-state index is 11.8. The van der Waals surface area contributed by atoms with Crippen molar-refractivity contribution in [3.63, 3.8) is 0 Å². The summed E-state index contributed by atoms with van der Waals surface area (Å²) in [6, 6.07) is 8.33. The summed E-state index contributed by atoms with van der Waals surface area (Å²) in [4.78, 5) is 25.9. The third-order valence-corrected chi connectivity index (χ3v) is 3.88. The number of nitrogens with zero attached hydrogens (tertiary/aromatic N) is 1. The molecule has 0 unspecified atom stereocenters. The van der Waals surface area contributed by atoms with E-state index in [1.807, 2.05) is 18.2 Å². The predicted octanol–water partition coefficient (Wildman–Crippen LogP) is 1.91. The van der Waals surface area contributed by atoms with Gasteiger partial charge in [0.05, 0.1) is 13.7 Å². The number of carbonyl (C=O) groups is 2. The van der Waals surface area contributed by atoms with Crippen LogP contribution in [0.2, 0.25) is 0 Å². The zero-order valence-electron chi connectivity index (χ0n) is 13.4. The molecule has 0 saturated heterocycles. The van der Waals surface area contributed by atoms with Crippen molar-refractivity contribution in [1.82, 2.24) is 10.2 Å². The average Bonchev–Trinajstić information content (AvgIpc) is 2.51. The van der Waals surface area contributed by atoms with Gasteiger partial charge in [0.25, 0.3) is 0 Å². The van der Waals surface area contributed by atoms with Gasteiger partial charge in [-0.25, -0.2) is 0 Å². The molecule has 1 rings (SSSR count). The lowest BCUT2D eigenvalue weighted by Crippen LogP contribution is -2.35. The molecule has 1 amide bonds. The lowest BCUT2D eigenvalue weighted by Gasteiger charge is -2.16. The first-order chi connectivity index (χ1) is 10.5. The van der Waals surface area contributed by atoms with Crippen LogP contribution in [0.3, 0.4) is 0 Å². The van der Waals surface area contributed by atoms with Crippen LogP contribution in [-0.4, -0.2) is 50.3 Å². The minimum Gasteiger partial charge on any atom is -0.469 e. The minimum atomic E-state index is -0.250. The lowest BCUT2D eigenvalue weighted by molar-refractivity contribution is -0.140. The predicted molar refractivity (Wildman–Crippen MR) is 88.8 cm³/mol. The van der Waals surface area contributed by atoms with Gasteiger partial charge in [-0.2, -0.15) is 0 Å². The SMILES string of the molecule is COC(=O)CCCNC(=O)CN(C)Cc1ccc(SC)cc1. The molecule has 0 aromatic heterocycles. The van der Waals surface area contributed by atoms with Crippen molar-refractivity contribution >= 4 is 23.6 Å². The van der Waals surface area contributed by atoms with E-state index in [4.69, 9.17) is 0 Å². The van der Waals surface area contributed by atoms with Crippen LogP contribution in [-0.2, 0) is 20.9 Å². The fraction of sp³-hybridized carbons (Fsp3) is 0.500. The molecule has 0 radical (unpaired) electrons. The number of likely N-dealkylation sites (N-methyl/N-ethyl adjacent to an activating group) is 1. The quantitative estimate of drug-likeness (QED) is 0.427. The summed E-state index contributed by atoms with van der Waals surface area (Å²) in [6.45, 7) is 1.55. The summed E-state index contributed by atoms with van der Waals surface area (Å²) < 4.78 is 4.54. The Hall–Kier alpha value is -1.53. The summed E-state index contributed by atoms with van der Waals surface area (Å²) in [5.41, 5.74) is 1.18. The van der Waals surface area contributed by atoms with Gasteiger partial charge < -0.3 is 10.1 Å². The summed E-state index contributed by atoms with van der Waals surface area (Å²) in [7, 11) is 3.28. The lowest BCUT2D eigenvalue weighted by atomic mass is 10.2. The highest BCUT2D eigenvalue weighted by molar-refractivity contribution is 7.98. The highest BCUT2D eigenvalue weighted by Gasteiger charge is 2.07. The van der Waals surface area contributed by atoms with E-state index in [2.05, 4.69) is 34.3 Å². The van der Waals surface area contributed by atoms with Crippen LogP contribution in [0.25, 0.3) is 0 Å². The Morgan fingerprint density at radius 1 is 1.27 bits per heavy atom. The van der Waals surface area contributed by atoms with Gasteiger partial charge in [0, 0.05) is 24.4 Å². The van der Waals surface area contributed by atoms with Crippen LogP contribution in [0.5, 0.6) is 0 Å². The number of benzene rings is 1. The monoisotopic (exact) mass is 324 g/mol. The Morgan fingerprint density at radius 2 is 1.95 bits per heavy atom. The van der Waals surface area contributed by atoms with Gasteiger partial charge in [-0.05, 0) is 37.4 Å². The molecule has 5 nitrogen and oxygen atoms in total. The third kappa shape index (κ3) is 7.47. The molecule has 0 atom stereocenters. The number of hydrogen-bond donors (Lipinski definition) is 1. The molecule has 0 bridgehead atoms. The maximum Gasteiger partial charge on any atom is 0.305 e. The van der Waals surface area contributed by atoms with Crippen LogP contribution in [0.15, 0.2) is 29.2 Å². The van der Waals surface area contributed by atoms with E-state index in [-0.39, 0.29) is 11.9 Å². The van der Waals surface area contributed by atoms with Crippen LogP contribution >= 0.6 is 11.8 Å². The van der Waals surface area contributed by atoms with Gasteiger partial charge in [-0.15, -0.1) is 11.8 Å². The molecule has 1 aromatic carbocycles. The van der Waals surface area contributed by atoms with E-state index in [1.54, 1.807) is 11.8 Å². The van der Waals surface area contributed by atoms with Crippen molar-refractivity contribution in [1.29, 1.82) is 0 Å². The molecule has 22 heavy (non-hydrogen) atoms. The zero-order valence-corrected chi connectivity index (χ0v) is 14.2. The number of amides is 1. The smallest absolute Gasteiger partial charge is 0.305 e. The summed E-state index contributed by atoms with van der Waals surface area (Å²) in [6.07, 6.45) is 2.97. The Labute approximate surface area is 136 Å². The molecule has 0 aliphatic rings. The van der Waals surface area contributed by atoms with Gasteiger partial charge in [0.1, 0.15) is 0 Å². The van der Waals surface area contributed by atoms with Gasteiger partial charge in [-0.3, -0.25) is 14.5 Å². The van der Waals surface area contributed by atoms with Gasteiger partial charge in [0.15, 0.2) is 0 Å². The number of esters is 1. The standard InChI is InChI=1S/C16H24N2O3S/c1-18(11-13-6-8-14(22-3)9-7-13)12-15(19)17-10-4-5-16(20)21-2/h6-9H,4-5,10-12H2,1-3H3,(H,17,19). The Balaban J connectivity index is 2.24. The fourth-order valence-corrected chi connectivity index (χ4v) is 2.37. The molecule has 0 heterocycles. The van der Waals surface area contributed by atoms with E-state index in [9.17, 15) is 9.59 Å². The van der Waals surface area contributed by atoms with E-state index < -0.39 is 0 Å². The molecule has 6 heteroatoms. The molecule has 1 N–H and O–H groups in total. The molecule has 0 spiro atoms. The molecule has 0 saturated carbocycles. The van der Waals surface area contributed by atoms with Crippen molar-refractivity contribution in [2.45, 2.75) is 24.3 Å². The Kier molecular flexibility index (Phi) is 8.62. The van der Waals surface area contributed by atoms with Gasteiger partial charge in [0.2, 0.25) is 5.91 Å². The number of hydrogen-bond acceptors (Lipinski definition) is 5. The number of rotatable bonds is 9. The highest BCUT2D eigenvalue weighted by Crippen LogP contribution is 2.15. The molecular weight excluding hydrogens is 300 g/mol. The first-order valence-corrected chi connectivity index (χ1v) is 8.42. The first-order valence-electron chi connectivity index (χ1n) is 7.20. The van der Waals surface area contributed by atoms with E-state index in [1.165, 1.54) is 17.6 Å². The number of ether oxygens (including phenoxy) is 1. The summed E-state index contributed by atoms with van der Waals surface area (Å²) in [5, 5.41) is 2.81. The summed E-state index contributed by atoms with van der Waals surface area (Å²) in [5.74, 6) is -0.284. The summed E-state index contributed by atoms with van der Waals surface area (Å²) >= 11 is 1.71. The molecule has 1 aromatic rings. The van der Waals surface area contributed by atoms with Crippen LogP contribution in [0.1, 0.15) is 18.4 Å². The fourth-order valence-electron chi connectivity index (χ4n) is 1.96. The second-order valence-corrected chi connectivity index (χ2v) is 5.93. The zero-order chi connectivity index (χ0) is 16.4. The average molecular weight is 324 g/mol. The first kappa shape index (κ1) is 18.5. The maximum absolute atomic E-state index is 11.8. The molecule has 0 aliphatic heterocycles. The Morgan fingerprint density at radius 3 is 2.55 bits per heavy atom. The van der Waals surface area contributed by atoms with Gasteiger partial charge >= 0.3 is 5.97 Å². The van der Waals surface area contributed by atoms with Crippen molar-refractivity contribution in [3.05, 3.63) is 29.8 Å². The topological polar surface area (TPSA) is 58.6 Å². The molecule has 122 valence electrons. The molecule has 0 aliphatic carbocycles. The van der Waals surface area contributed by atoms with E-state index >= 15 is 0 Å². The highest BCUT2D eigenvalue weighted by atomic mass is 32.2. The Bertz CT molecular complexity index is 477. The number of thioether (sulfide) groups is 1. The minimum absolute atomic E-state index is 0.0342. The molecule has 0 fully saturated rings. The van der Waals surface area contributed by atoms with Crippen LogP contribution in [0.4, 0.5) is 0 Å². The number of nitrogens with one attached hydrogen (secondary N) is 1. The molecular formula is C16H24N2O3S. The number of carbonyl (C=O) groups excluding carboxylic acids is 2. The van der Waals surface area contributed by atoms with E-state index in [0.717, 1.165) is 6.54 Å². The van der Waals surface area contributed by atoms with Crippen molar-refractivity contribution in [3.8, 4) is 0 Å². The van der Waals surface area contributed by atoms with Crippen LogP contribution < -0.4 is 5.32 Å². The van der Waals surface area contributed by atoms with E-state index in [0.29, 0.717) is 25.9 Å². The largest absolute Gasteiger partial charge is 0.469 e. The second kappa shape index (κ2) is 10.2. The number of methoxy groups -OCH3 is 1. The normalized spacial score (nSPS) is 10.5. The van der Waals surface area contributed by atoms with Crippen LogP contribution in [0, 0.1) is 0 Å². The second-order valence-electron chi connectivity index (χ2n) is 5.05. The van der Waals surface area contributed by atoms with Crippen molar-refractivity contribution in [2.24, 2.45) is 0 Å². The van der Waals surface area contributed by atoms with Crippen molar-refractivity contribution in [2.75, 3.05) is 33.5 Å². The van der Waals surface area contributed by atoms with Gasteiger partial charge in [-0.1, -0.05) is 12.1 Å².